The van der Waals surface area contributed by atoms with Crippen LogP contribution in [0.25, 0.3) is 0 Å². The average Bonchev–Trinajstić information content (AvgIpc) is 2.73. The van der Waals surface area contributed by atoms with Crippen molar-refractivity contribution in [2.24, 2.45) is 0 Å². The standard InChI is InChI=1S/C17H27BrN2O/c1-2-9-19-12-14-11-15(18)7-8-17(14)20-10-5-3-4-6-16(20)13-21/h7-8,11,16,19,21H,2-6,9-10,12-13H2,1H3. The van der Waals surface area contributed by atoms with Gasteiger partial charge in [0.25, 0.3) is 0 Å². The number of hydrogen-bond acceptors (Lipinski definition) is 3. The van der Waals surface area contributed by atoms with E-state index in [1.165, 1.54) is 30.5 Å². The lowest BCUT2D eigenvalue weighted by atomic mass is 10.1. The molecule has 3 nitrogen and oxygen atoms in total. The maximum Gasteiger partial charge on any atom is 0.0635 e. The molecule has 0 bridgehead atoms. The van der Waals surface area contributed by atoms with Crippen molar-refractivity contribution in [3.05, 3.63) is 28.2 Å². The van der Waals surface area contributed by atoms with Crippen LogP contribution in [0.15, 0.2) is 22.7 Å². The minimum Gasteiger partial charge on any atom is -0.394 e. The minimum atomic E-state index is 0.248. The highest BCUT2D eigenvalue weighted by atomic mass is 79.9. The molecule has 1 aromatic carbocycles. The van der Waals surface area contributed by atoms with Crippen molar-refractivity contribution in [1.82, 2.24) is 5.32 Å². The number of hydrogen-bond donors (Lipinski definition) is 2. The number of aliphatic hydroxyl groups is 1. The molecule has 1 fully saturated rings. The van der Waals surface area contributed by atoms with Crippen LogP contribution in [-0.2, 0) is 6.54 Å². The third-order valence-corrected chi connectivity index (χ3v) is 4.67. The maximum absolute atomic E-state index is 9.74. The monoisotopic (exact) mass is 354 g/mol. The van der Waals surface area contributed by atoms with Crippen molar-refractivity contribution >= 4 is 21.6 Å². The minimum absolute atomic E-state index is 0.248. The number of nitrogens with zero attached hydrogens (tertiary/aromatic N) is 1. The van der Waals surface area contributed by atoms with Gasteiger partial charge in [-0.3, -0.25) is 0 Å². The van der Waals surface area contributed by atoms with E-state index in [0.717, 1.165) is 36.9 Å². The Bertz CT molecular complexity index is 439. The van der Waals surface area contributed by atoms with Crippen LogP contribution in [0.3, 0.4) is 0 Å². The lowest BCUT2D eigenvalue weighted by molar-refractivity contribution is 0.255. The fourth-order valence-corrected chi connectivity index (χ4v) is 3.47. The van der Waals surface area contributed by atoms with E-state index in [-0.39, 0.29) is 12.6 Å². The summed E-state index contributed by atoms with van der Waals surface area (Å²) >= 11 is 3.58. The van der Waals surface area contributed by atoms with Gasteiger partial charge in [-0.05, 0) is 49.6 Å². The van der Waals surface area contributed by atoms with Crippen LogP contribution in [0.5, 0.6) is 0 Å². The van der Waals surface area contributed by atoms with Gasteiger partial charge < -0.3 is 15.3 Å². The predicted molar refractivity (Wildman–Crippen MR) is 92.8 cm³/mol. The van der Waals surface area contributed by atoms with Gasteiger partial charge in [-0.1, -0.05) is 35.7 Å². The third-order valence-electron chi connectivity index (χ3n) is 4.18. The van der Waals surface area contributed by atoms with E-state index in [1.54, 1.807) is 0 Å². The van der Waals surface area contributed by atoms with Crippen LogP contribution < -0.4 is 10.2 Å². The Morgan fingerprint density at radius 2 is 2.19 bits per heavy atom. The summed E-state index contributed by atoms with van der Waals surface area (Å²) < 4.78 is 1.12. The second kappa shape index (κ2) is 8.76. The van der Waals surface area contributed by atoms with Crippen LogP contribution in [0.4, 0.5) is 5.69 Å². The molecule has 1 heterocycles. The van der Waals surface area contributed by atoms with Gasteiger partial charge in [-0.25, -0.2) is 0 Å². The van der Waals surface area contributed by atoms with Gasteiger partial charge in [-0.15, -0.1) is 0 Å². The van der Waals surface area contributed by atoms with E-state index in [1.807, 2.05) is 0 Å². The third kappa shape index (κ3) is 4.70. The van der Waals surface area contributed by atoms with Crippen LogP contribution in [0.1, 0.15) is 44.6 Å². The number of anilines is 1. The second-order valence-corrected chi connectivity index (χ2v) is 6.74. The van der Waals surface area contributed by atoms with Gasteiger partial charge in [0.15, 0.2) is 0 Å². The molecule has 1 saturated heterocycles. The Morgan fingerprint density at radius 1 is 1.33 bits per heavy atom. The molecular formula is C17H27BrN2O. The molecule has 21 heavy (non-hydrogen) atoms. The van der Waals surface area contributed by atoms with Crippen molar-refractivity contribution in [2.45, 2.75) is 51.6 Å². The van der Waals surface area contributed by atoms with Crippen LogP contribution in [0, 0.1) is 0 Å². The zero-order chi connectivity index (χ0) is 15.1. The molecule has 1 aromatic rings. The van der Waals surface area contributed by atoms with Crippen LogP contribution >= 0.6 is 15.9 Å². The molecule has 0 radical (unpaired) electrons. The Balaban J connectivity index is 2.22. The summed E-state index contributed by atoms with van der Waals surface area (Å²) in [5.74, 6) is 0. The SMILES string of the molecule is CCCNCc1cc(Br)ccc1N1CCCCCC1CO. The predicted octanol–water partition coefficient (Wildman–Crippen LogP) is 3.69. The summed E-state index contributed by atoms with van der Waals surface area (Å²) in [6.45, 7) is 5.41. The number of aliphatic hydroxyl groups excluding tert-OH is 1. The van der Waals surface area contributed by atoms with Gasteiger partial charge in [0, 0.05) is 23.2 Å². The molecule has 0 amide bonds. The zero-order valence-corrected chi connectivity index (χ0v) is 14.5. The summed E-state index contributed by atoms with van der Waals surface area (Å²) in [7, 11) is 0. The molecule has 0 spiro atoms. The number of halogens is 1. The summed E-state index contributed by atoms with van der Waals surface area (Å²) in [6, 6.07) is 6.77. The van der Waals surface area contributed by atoms with Gasteiger partial charge in [0.1, 0.15) is 0 Å². The van der Waals surface area contributed by atoms with E-state index in [9.17, 15) is 5.11 Å². The highest BCUT2D eigenvalue weighted by Gasteiger charge is 2.22. The molecule has 1 aliphatic rings. The smallest absolute Gasteiger partial charge is 0.0635 e. The summed E-state index contributed by atoms with van der Waals surface area (Å²) in [5, 5.41) is 13.2. The topological polar surface area (TPSA) is 35.5 Å². The first-order chi connectivity index (χ1) is 10.3. The molecule has 0 aliphatic carbocycles. The van der Waals surface area contributed by atoms with Crippen LogP contribution in [0.2, 0.25) is 0 Å². The highest BCUT2D eigenvalue weighted by Crippen LogP contribution is 2.29. The van der Waals surface area contributed by atoms with E-state index in [0.29, 0.717) is 0 Å². The van der Waals surface area contributed by atoms with E-state index in [4.69, 9.17) is 0 Å². The fourth-order valence-electron chi connectivity index (χ4n) is 3.06. The molecule has 0 saturated carbocycles. The average molecular weight is 355 g/mol. The Kier molecular flexibility index (Phi) is 7.00. The largest absolute Gasteiger partial charge is 0.394 e. The maximum atomic E-state index is 9.74. The lowest BCUT2D eigenvalue weighted by Crippen LogP contribution is -2.38. The molecule has 2 N–H and O–H groups in total. The first kappa shape index (κ1) is 16.8. The Labute approximate surface area is 136 Å². The van der Waals surface area contributed by atoms with Crippen molar-refractivity contribution < 1.29 is 5.11 Å². The molecule has 1 unspecified atom stereocenters. The van der Waals surface area contributed by atoms with Crippen molar-refractivity contribution in [2.75, 3.05) is 24.6 Å². The first-order valence-corrected chi connectivity index (χ1v) is 8.92. The van der Waals surface area contributed by atoms with Gasteiger partial charge in [0.2, 0.25) is 0 Å². The normalized spacial score (nSPS) is 19.6. The summed E-state index contributed by atoms with van der Waals surface area (Å²) in [4.78, 5) is 2.42. The molecule has 4 heteroatoms. The van der Waals surface area contributed by atoms with Gasteiger partial charge >= 0.3 is 0 Å². The summed E-state index contributed by atoms with van der Waals surface area (Å²) in [6.07, 6.45) is 5.95. The van der Waals surface area contributed by atoms with Crippen LogP contribution in [-0.4, -0.2) is 30.8 Å². The molecule has 1 atom stereocenters. The van der Waals surface area contributed by atoms with Crippen molar-refractivity contribution in [3.63, 3.8) is 0 Å². The first-order valence-electron chi connectivity index (χ1n) is 8.13. The molecule has 0 aromatic heterocycles. The van der Waals surface area contributed by atoms with Gasteiger partial charge in [0.05, 0.1) is 12.6 Å². The van der Waals surface area contributed by atoms with Crippen molar-refractivity contribution in [1.29, 1.82) is 0 Å². The summed E-state index contributed by atoms with van der Waals surface area (Å²) in [5.41, 5.74) is 2.60. The molecule has 2 rings (SSSR count). The zero-order valence-electron chi connectivity index (χ0n) is 12.9. The quantitative estimate of drug-likeness (QED) is 0.764. The molecular weight excluding hydrogens is 328 g/mol. The highest BCUT2D eigenvalue weighted by molar-refractivity contribution is 9.10. The van der Waals surface area contributed by atoms with E-state index in [2.05, 4.69) is 51.3 Å². The Hall–Kier alpha value is -0.580. The van der Waals surface area contributed by atoms with Crippen molar-refractivity contribution in [3.8, 4) is 0 Å². The fraction of sp³-hybridized carbons (Fsp3) is 0.647. The number of benzene rings is 1. The van der Waals surface area contributed by atoms with Gasteiger partial charge in [-0.2, -0.15) is 0 Å². The van der Waals surface area contributed by atoms with E-state index < -0.39 is 0 Å². The van der Waals surface area contributed by atoms with E-state index >= 15 is 0 Å². The molecule has 118 valence electrons. The lowest BCUT2D eigenvalue weighted by Gasteiger charge is -2.32. The number of rotatable bonds is 6. The Morgan fingerprint density at radius 3 is 2.95 bits per heavy atom. The second-order valence-electron chi connectivity index (χ2n) is 5.83. The molecule has 1 aliphatic heterocycles. The number of nitrogens with one attached hydrogen (secondary N) is 1.